The van der Waals surface area contributed by atoms with Crippen molar-refractivity contribution in [2.24, 2.45) is 0 Å². The molecule has 0 heterocycles. The molecule has 0 spiro atoms. The number of benzene rings is 1. The first-order chi connectivity index (χ1) is 8.04. The van der Waals surface area contributed by atoms with Gasteiger partial charge >= 0.3 is 5.97 Å². The van der Waals surface area contributed by atoms with Gasteiger partial charge in [0, 0.05) is 29.7 Å². The van der Waals surface area contributed by atoms with E-state index in [1.54, 1.807) is 6.20 Å². The average molecular weight is 316 g/mol. The van der Waals surface area contributed by atoms with Crippen LogP contribution in [0.2, 0.25) is 0 Å². The molecule has 0 aliphatic carbocycles. The quantitative estimate of drug-likeness (QED) is 0.485. The Morgan fingerprint density at radius 2 is 2.06 bits per heavy atom. The lowest BCUT2D eigenvalue weighted by Gasteiger charge is -2.10. The molecule has 0 fully saturated rings. The zero-order chi connectivity index (χ0) is 12.8. The maximum absolute atomic E-state index is 11.6. The number of thioether (sulfide) groups is 1. The van der Waals surface area contributed by atoms with E-state index in [-0.39, 0.29) is 5.97 Å². The van der Waals surface area contributed by atoms with Crippen LogP contribution in [0.15, 0.2) is 44.7 Å². The van der Waals surface area contributed by atoms with Gasteiger partial charge in [0.1, 0.15) is 4.91 Å². The number of methoxy groups -OCH3 is 1. The molecule has 1 rings (SSSR count). The third kappa shape index (κ3) is 4.44. The minimum Gasteiger partial charge on any atom is -0.465 e. The third-order valence-corrected chi connectivity index (χ3v) is 3.84. The molecule has 0 aliphatic rings. The number of hydrogen-bond acceptors (Lipinski definition) is 4. The van der Waals surface area contributed by atoms with Gasteiger partial charge in [0.05, 0.1) is 7.11 Å². The van der Waals surface area contributed by atoms with Crippen molar-refractivity contribution in [3.8, 4) is 0 Å². The van der Waals surface area contributed by atoms with Crippen molar-refractivity contribution < 1.29 is 9.53 Å². The Balaban J connectivity index is 2.95. The van der Waals surface area contributed by atoms with Crippen LogP contribution in [0.25, 0.3) is 0 Å². The predicted molar refractivity (Wildman–Crippen MR) is 73.8 cm³/mol. The molecule has 0 saturated carbocycles. The Bertz CT molecular complexity index is 432. The van der Waals surface area contributed by atoms with E-state index in [0.29, 0.717) is 4.91 Å². The summed E-state index contributed by atoms with van der Waals surface area (Å²) in [6.45, 7) is 0. The molecular formula is C12H14BrNO2S. The second kappa shape index (κ2) is 6.71. The molecule has 5 heteroatoms. The van der Waals surface area contributed by atoms with E-state index in [4.69, 9.17) is 4.74 Å². The van der Waals surface area contributed by atoms with E-state index in [2.05, 4.69) is 15.9 Å². The van der Waals surface area contributed by atoms with Gasteiger partial charge in [-0.1, -0.05) is 23.9 Å². The van der Waals surface area contributed by atoms with Crippen LogP contribution in [-0.2, 0) is 9.53 Å². The van der Waals surface area contributed by atoms with Gasteiger partial charge in [-0.25, -0.2) is 4.79 Å². The first-order valence-corrected chi connectivity index (χ1v) is 6.54. The van der Waals surface area contributed by atoms with Gasteiger partial charge in [-0.3, -0.25) is 0 Å². The Morgan fingerprint density at radius 1 is 1.41 bits per heavy atom. The molecule has 0 N–H and O–H groups in total. The van der Waals surface area contributed by atoms with Gasteiger partial charge in [0.25, 0.3) is 0 Å². The minimum absolute atomic E-state index is 0.334. The van der Waals surface area contributed by atoms with E-state index in [0.717, 1.165) is 9.37 Å². The average Bonchev–Trinajstić information content (AvgIpc) is 2.29. The Kier molecular flexibility index (Phi) is 5.58. The monoisotopic (exact) mass is 315 g/mol. The molecule has 0 saturated heterocycles. The zero-order valence-electron chi connectivity index (χ0n) is 9.94. The number of halogens is 1. The SMILES string of the molecule is COC(=O)/C(=C/N(C)C)Sc1ccccc1Br. The van der Waals surface area contributed by atoms with Crippen molar-refractivity contribution in [3.05, 3.63) is 39.8 Å². The Morgan fingerprint density at radius 3 is 2.59 bits per heavy atom. The first kappa shape index (κ1) is 14.1. The van der Waals surface area contributed by atoms with E-state index in [9.17, 15) is 4.79 Å². The Hall–Kier alpha value is -0.940. The second-order valence-corrected chi connectivity index (χ2v) is 5.42. The maximum Gasteiger partial charge on any atom is 0.346 e. The summed E-state index contributed by atoms with van der Waals surface area (Å²) in [6, 6.07) is 7.74. The summed E-state index contributed by atoms with van der Waals surface area (Å²) in [7, 11) is 5.11. The molecule has 0 bridgehead atoms. The van der Waals surface area contributed by atoms with Crippen LogP contribution in [0.1, 0.15) is 0 Å². The van der Waals surface area contributed by atoms with Crippen molar-refractivity contribution in [2.75, 3.05) is 21.2 Å². The highest BCUT2D eigenvalue weighted by molar-refractivity contribution is 9.10. The van der Waals surface area contributed by atoms with E-state index in [1.165, 1.54) is 18.9 Å². The summed E-state index contributed by atoms with van der Waals surface area (Å²) in [5.41, 5.74) is 0. The molecular weight excluding hydrogens is 302 g/mol. The topological polar surface area (TPSA) is 29.5 Å². The van der Waals surface area contributed by atoms with Crippen LogP contribution < -0.4 is 0 Å². The highest BCUT2D eigenvalue weighted by Gasteiger charge is 2.13. The number of rotatable bonds is 4. The third-order valence-electron chi connectivity index (χ3n) is 1.82. The molecule has 1 aromatic carbocycles. The second-order valence-electron chi connectivity index (χ2n) is 3.48. The van der Waals surface area contributed by atoms with Gasteiger partial charge in [-0.05, 0) is 28.1 Å². The lowest BCUT2D eigenvalue weighted by molar-refractivity contribution is -0.135. The molecule has 0 atom stereocenters. The molecule has 0 unspecified atom stereocenters. The zero-order valence-corrected chi connectivity index (χ0v) is 12.3. The molecule has 0 radical (unpaired) electrons. The largest absolute Gasteiger partial charge is 0.465 e. The maximum atomic E-state index is 11.6. The minimum atomic E-state index is -0.334. The van der Waals surface area contributed by atoms with Crippen LogP contribution in [-0.4, -0.2) is 32.1 Å². The number of hydrogen-bond donors (Lipinski definition) is 0. The smallest absolute Gasteiger partial charge is 0.346 e. The van der Waals surface area contributed by atoms with Gasteiger partial charge in [-0.2, -0.15) is 0 Å². The lowest BCUT2D eigenvalue weighted by atomic mass is 10.4. The molecule has 92 valence electrons. The molecule has 3 nitrogen and oxygen atoms in total. The summed E-state index contributed by atoms with van der Waals surface area (Å²) in [4.78, 5) is 14.9. The van der Waals surface area contributed by atoms with Gasteiger partial charge in [0.2, 0.25) is 0 Å². The summed E-state index contributed by atoms with van der Waals surface area (Å²) in [5, 5.41) is 0. The fourth-order valence-corrected chi connectivity index (χ4v) is 2.61. The van der Waals surface area contributed by atoms with Gasteiger partial charge in [0.15, 0.2) is 0 Å². The van der Waals surface area contributed by atoms with Crippen LogP contribution in [0.5, 0.6) is 0 Å². The fraction of sp³-hybridized carbons (Fsp3) is 0.250. The van der Waals surface area contributed by atoms with Crippen LogP contribution in [0.4, 0.5) is 0 Å². The number of ether oxygens (including phenoxy) is 1. The fourth-order valence-electron chi connectivity index (χ4n) is 1.10. The summed E-state index contributed by atoms with van der Waals surface area (Å²) >= 11 is 4.82. The van der Waals surface area contributed by atoms with Crippen molar-refractivity contribution in [1.82, 2.24) is 4.90 Å². The van der Waals surface area contributed by atoms with Crippen LogP contribution >= 0.6 is 27.7 Å². The van der Waals surface area contributed by atoms with E-state index < -0.39 is 0 Å². The predicted octanol–water partition coefficient (Wildman–Crippen LogP) is 3.12. The molecule has 1 aromatic rings. The van der Waals surface area contributed by atoms with Crippen molar-refractivity contribution in [3.63, 3.8) is 0 Å². The van der Waals surface area contributed by atoms with Gasteiger partial charge < -0.3 is 9.64 Å². The number of carbonyl (C=O) groups is 1. The molecule has 0 aromatic heterocycles. The van der Waals surface area contributed by atoms with Gasteiger partial charge in [-0.15, -0.1) is 0 Å². The van der Waals surface area contributed by atoms with E-state index in [1.807, 2.05) is 43.3 Å². The lowest BCUT2D eigenvalue weighted by Crippen LogP contribution is -2.08. The first-order valence-electron chi connectivity index (χ1n) is 4.93. The normalized spacial score (nSPS) is 11.2. The van der Waals surface area contributed by atoms with Crippen LogP contribution in [0.3, 0.4) is 0 Å². The molecule has 17 heavy (non-hydrogen) atoms. The highest BCUT2D eigenvalue weighted by Crippen LogP contribution is 2.33. The Labute approximate surface area is 114 Å². The summed E-state index contributed by atoms with van der Waals surface area (Å²) < 4.78 is 5.71. The van der Waals surface area contributed by atoms with Crippen molar-refractivity contribution >= 4 is 33.7 Å². The highest BCUT2D eigenvalue weighted by atomic mass is 79.9. The summed E-state index contributed by atoms with van der Waals surface area (Å²) in [5.74, 6) is -0.334. The van der Waals surface area contributed by atoms with Crippen molar-refractivity contribution in [2.45, 2.75) is 4.90 Å². The standard InChI is InChI=1S/C12H14BrNO2S/c1-14(2)8-11(12(15)16-3)17-10-7-5-4-6-9(10)13/h4-8H,1-3H3/b11-8-. The molecule has 0 amide bonds. The number of carbonyl (C=O) groups excluding carboxylic acids is 1. The van der Waals surface area contributed by atoms with E-state index >= 15 is 0 Å². The number of nitrogens with zero attached hydrogens (tertiary/aromatic N) is 1. The number of esters is 1. The van der Waals surface area contributed by atoms with Crippen LogP contribution in [0, 0.1) is 0 Å². The van der Waals surface area contributed by atoms with Crippen molar-refractivity contribution in [1.29, 1.82) is 0 Å². The summed E-state index contributed by atoms with van der Waals surface area (Å²) in [6.07, 6.45) is 1.75. The molecule has 0 aliphatic heterocycles.